The van der Waals surface area contributed by atoms with E-state index in [1.54, 1.807) is 29.2 Å². The molecule has 30 heavy (non-hydrogen) atoms. The highest BCUT2D eigenvalue weighted by Crippen LogP contribution is 2.32. The molecule has 4 nitrogen and oxygen atoms in total. The molecule has 0 bridgehead atoms. The van der Waals surface area contributed by atoms with E-state index in [2.05, 4.69) is 12.1 Å². The molecule has 0 saturated carbocycles. The molecule has 3 aromatic carbocycles. The highest BCUT2D eigenvalue weighted by atomic mass is 35.5. The van der Waals surface area contributed by atoms with Gasteiger partial charge in [0, 0.05) is 23.7 Å². The van der Waals surface area contributed by atoms with Crippen LogP contribution in [-0.2, 0) is 16.0 Å². The quantitative estimate of drug-likeness (QED) is 0.422. The first-order valence-corrected chi connectivity index (χ1v) is 10.3. The lowest BCUT2D eigenvalue weighted by atomic mass is 10.1. The van der Waals surface area contributed by atoms with Gasteiger partial charge in [-0.25, -0.2) is 0 Å². The second-order valence-electron chi connectivity index (χ2n) is 7.52. The van der Waals surface area contributed by atoms with E-state index in [4.69, 9.17) is 16.3 Å². The smallest absolute Gasteiger partial charge is 0.316 e. The van der Waals surface area contributed by atoms with E-state index in [1.165, 1.54) is 5.56 Å². The number of rotatable bonds is 5. The van der Waals surface area contributed by atoms with Crippen molar-refractivity contribution in [2.75, 3.05) is 11.4 Å². The van der Waals surface area contributed by atoms with Crippen molar-refractivity contribution in [3.63, 3.8) is 0 Å². The van der Waals surface area contributed by atoms with Crippen molar-refractivity contribution in [1.29, 1.82) is 0 Å². The van der Waals surface area contributed by atoms with Gasteiger partial charge in [0.15, 0.2) is 0 Å². The molecule has 1 heterocycles. The van der Waals surface area contributed by atoms with Crippen LogP contribution in [0.4, 0.5) is 5.69 Å². The summed E-state index contributed by atoms with van der Waals surface area (Å²) in [5.41, 5.74) is 3.94. The zero-order valence-corrected chi connectivity index (χ0v) is 17.4. The molecular weight excluding hydrogens is 398 g/mol. The second-order valence-corrected chi connectivity index (χ2v) is 7.92. The minimum Gasteiger partial charge on any atom is -0.426 e. The first-order valence-electron chi connectivity index (χ1n) is 9.91. The van der Waals surface area contributed by atoms with Gasteiger partial charge in [0.1, 0.15) is 5.75 Å². The summed E-state index contributed by atoms with van der Waals surface area (Å²) in [6.45, 7) is 2.17. The van der Waals surface area contributed by atoms with Crippen molar-refractivity contribution in [2.24, 2.45) is 5.92 Å². The average Bonchev–Trinajstić information content (AvgIpc) is 3.14. The Morgan fingerprint density at radius 1 is 1.00 bits per heavy atom. The van der Waals surface area contributed by atoms with E-state index in [9.17, 15) is 9.59 Å². The Balaban J connectivity index is 1.39. The highest BCUT2D eigenvalue weighted by molar-refractivity contribution is 6.31. The third-order valence-electron chi connectivity index (χ3n) is 5.38. The molecule has 1 aliphatic rings. The normalized spacial score (nSPS) is 16.0. The molecule has 0 aromatic heterocycles. The SMILES string of the molecule is Cc1c(Cl)cccc1N1C[C@H](C(=O)Oc2ccc(Cc3ccccc3)cc2)CC1=O. The van der Waals surface area contributed by atoms with Crippen LogP contribution in [0.1, 0.15) is 23.1 Å². The molecule has 0 radical (unpaired) electrons. The van der Waals surface area contributed by atoms with E-state index in [1.807, 2.05) is 43.3 Å². The number of benzene rings is 3. The molecule has 1 atom stereocenters. The molecule has 1 aliphatic heterocycles. The molecule has 1 fully saturated rings. The van der Waals surface area contributed by atoms with Gasteiger partial charge in [0.2, 0.25) is 5.91 Å². The lowest BCUT2D eigenvalue weighted by Crippen LogP contribution is -2.27. The van der Waals surface area contributed by atoms with Crippen LogP contribution in [0.25, 0.3) is 0 Å². The standard InChI is InChI=1S/C25H22ClNO3/c1-17-22(26)8-5-9-23(17)27-16-20(15-24(27)28)25(29)30-21-12-10-19(11-13-21)14-18-6-3-2-4-7-18/h2-13,20H,14-16H2,1H3/t20-/m1/s1. The Kier molecular flexibility index (Phi) is 5.86. The summed E-state index contributed by atoms with van der Waals surface area (Å²) in [5.74, 6) is -0.497. The summed E-state index contributed by atoms with van der Waals surface area (Å²) in [6, 6.07) is 23.1. The fourth-order valence-electron chi connectivity index (χ4n) is 3.69. The fourth-order valence-corrected chi connectivity index (χ4v) is 3.86. The lowest BCUT2D eigenvalue weighted by molar-refractivity contribution is -0.139. The third kappa shape index (κ3) is 4.39. The summed E-state index contributed by atoms with van der Waals surface area (Å²) in [6.07, 6.45) is 0.955. The number of halogens is 1. The summed E-state index contributed by atoms with van der Waals surface area (Å²) < 4.78 is 5.55. The van der Waals surface area contributed by atoms with Gasteiger partial charge in [-0.1, -0.05) is 60.1 Å². The number of amides is 1. The minimum absolute atomic E-state index is 0.0967. The molecular formula is C25H22ClNO3. The van der Waals surface area contributed by atoms with Crippen LogP contribution in [0.2, 0.25) is 5.02 Å². The Morgan fingerprint density at radius 2 is 1.70 bits per heavy atom. The largest absolute Gasteiger partial charge is 0.426 e. The summed E-state index contributed by atoms with van der Waals surface area (Å²) in [5, 5.41) is 0.599. The lowest BCUT2D eigenvalue weighted by Gasteiger charge is -2.19. The average molecular weight is 420 g/mol. The molecule has 1 saturated heterocycles. The van der Waals surface area contributed by atoms with Crippen LogP contribution in [0.5, 0.6) is 5.75 Å². The Hall–Kier alpha value is -3.11. The van der Waals surface area contributed by atoms with E-state index < -0.39 is 5.92 Å². The van der Waals surface area contributed by atoms with Gasteiger partial charge in [0.05, 0.1) is 5.92 Å². The van der Waals surface area contributed by atoms with Crippen LogP contribution in [0.15, 0.2) is 72.8 Å². The van der Waals surface area contributed by atoms with E-state index in [0.29, 0.717) is 17.3 Å². The Bertz CT molecular complexity index is 1060. The summed E-state index contributed by atoms with van der Waals surface area (Å²) in [7, 11) is 0. The molecule has 0 aliphatic carbocycles. The van der Waals surface area contributed by atoms with Gasteiger partial charge in [-0.15, -0.1) is 0 Å². The van der Waals surface area contributed by atoms with Gasteiger partial charge in [-0.3, -0.25) is 9.59 Å². The predicted molar refractivity (Wildman–Crippen MR) is 118 cm³/mol. The molecule has 0 unspecified atom stereocenters. The molecule has 152 valence electrons. The summed E-state index contributed by atoms with van der Waals surface area (Å²) in [4.78, 5) is 26.8. The van der Waals surface area contributed by atoms with Crippen LogP contribution in [0.3, 0.4) is 0 Å². The first kappa shape index (κ1) is 20.2. The van der Waals surface area contributed by atoms with Crippen molar-refractivity contribution >= 4 is 29.2 Å². The molecule has 3 aromatic rings. The van der Waals surface area contributed by atoms with Crippen molar-refractivity contribution in [3.05, 3.63) is 94.5 Å². The van der Waals surface area contributed by atoms with Crippen LogP contribution >= 0.6 is 11.6 Å². The van der Waals surface area contributed by atoms with Crippen molar-refractivity contribution in [1.82, 2.24) is 0 Å². The maximum absolute atomic E-state index is 12.6. The number of hydrogen-bond acceptors (Lipinski definition) is 3. The van der Waals surface area contributed by atoms with Gasteiger partial charge in [0.25, 0.3) is 0 Å². The van der Waals surface area contributed by atoms with Crippen molar-refractivity contribution in [2.45, 2.75) is 19.8 Å². The number of esters is 1. The first-order chi connectivity index (χ1) is 14.5. The van der Waals surface area contributed by atoms with Gasteiger partial charge >= 0.3 is 5.97 Å². The van der Waals surface area contributed by atoms with E-state index in [-0.39, 0.29) is 18.3 Å². The molecule has 5 heteroatoms. The number of ether oxygens (including phenoxy) is 1. The van der Waals surface area contributed by atoms with Crippen LogP contribution in [-0.4, -0.2) is 18.4 Å². The fraction of sp³-hybridized carbons (Fsp3) is 0.200. The van der Waals surface area contributed by atoms with Crippen molar-refractivity contribution < 1.29 is 14.3 Å². The Morgan fingerprint density at radius 3 is 2.43 bits per heavy atom. The van der Waals surface area contributed by atoms with Gasteiger partial charge in [-0.2, -0.15) is 0 Å². The van der Waals surface area contributed by atoms with Crippen LogP contribution < -0.4 is 9.64 Å². The maximum atomic E-state index is 12.6. The number of hydrogen-bond donors (Lipinski definition) is 0. The number of carbonyl (C=O) groups excluding carboxylic acids is 2. The molecule has 4 rings (SSSR count). The van der Waals surface area contributed by atoms with E-state index in [0.717, 1.165) is 23.2 Å². The molecule has 1 amide bonds. The number of nitrogens with zero attached hydrogens (tertiary/aromatic N) is 1. The van der Waals surface area contributed by atoms with Crippen LogP contribution in [0, 0.1) is 12.8 Å². The maximum Gasteiger partial charge on any atom is 0.316 e. The zero-order valence-electron chi connectivity index (χ0n) is 16.7. The predicted octanol–water partition coefficient (Wildman–Crippen LogP) is 5.20. The van der Waals surface area contributed by atoms with Gasteiger partial charge < -0.3 is 9.64 Å². The van der Waals surface area contributed by atoms with Crippen molar-refractivity contribution in [3.8, 4) is 5.75 Å². The zero-order chi connectivity index (χ0) is 21.1. The third-order valence-corrected chi connectivity index (χ3v) is 5.79. The topological polar surface area (TPSA) is 46.6 Å². The highest BCUT2D eigenvalue weighted by Gasteiger charge is 2.37. The summed E-state index contributed by atoms with van der Waals surface area (Å²) >= 11 is 6.18. The molecule has 0 spiro atoms. The Labute approximate surface area is 181 Å². The number of anilines is 1. The van der Waals surface area contributed by atoms with Gasteiger partial charge in [-0.05, 0) is 54.3 Å². The monoisotopic (exact) mass is 419 g/mol. The molecule has 0 N–H and O–H groups in total. The van der Waals surface area contributed by atoms with E-state index >= 15 is 0 Å². The number of carbonyl (C=O) groups is 2. The second kappa shape index (κ2) is 8.72. The minimum atomic E-state index is -0.500.